The fourth-order valence-corrected chi connectivity index (χ4v) is 1.86. The molecule has 0 heterocycles. The summed E-state index contributed by atoms with van der Waals surface area (Å²) in [5.41, 5.74) is 9.38. The second kappa shape index (κ2) is 5.69. The highest BCUT2D eigenvalue weighted by atomic mass is 16.5. The Balaban J connectivity index is 2.04. The Bertz CT molecular complexity index is 520. The summed E-state index contributed by atoms with van der Waals surface area (Å²) in [5.74, 6) is 0.867. The molecular weight excluding hydrogens is 222 g/mol. The number of aryl methyl sites for hydroxylation is 1. The summed E-state index contributed by atoms with van der Waals surface area (Å²) in [6.45, 7) is 4.64. The van der Waals surface area contributed by atoms with Gasteiger partial charge in [-0.3, -0.25) is 0 Å². The normalized spacial score (nSPS) is 12.2. The molecule has 1 atom stereocenters. The number of benzene rings is 2. The van der Waals surface area contributed by atoms with Crippen LogP contribution in [-0.2, 0) is 6.61 Å². The highest BCUT2D eigenvalue weighted by Crippen LogP contribution is 2.18. The SMILES string of the molecule is Cc1cccc(COc2cccc([C@H](C)N)c2)c1. The predicted octanol–water partition coefficient (Wildman–Crippen LogP) is 3.59. The van der Waals surface area contributed by atoms with Crippen LogP contribution in [0.5, 0.6) is 5.75 Å². The van der Waals surface area contributed by atoms with Gasteiger partial charge in [0.15, 0.2) is 0 Å². The van der Waals surface area contributed by atoms with Crippen LogP contribution in [0.25, 0.3) is 0 Å². The van der Waals surface area contributed by atoms with Crippen molar-refractivity contribution in [1.82, 2.24) is 0 Å². The molecule has 2 aromatic rings. The van der Waals surface area contributed by atoms with Crippen molar-refractivity contribution in [2.45, 2.75) is 26.5 Å². The van der Waals surface area contributed by atoms with Crippen molar-refractivity contribution in [2.24, 2.45) is 5.73 Å². The molecule has 2 heteroatoms. The Morgan fingerprint density at radius 3 is 2.61 bits per heavy atom. The zero-order chi connectivity index (χ0) is 13.0. The largest absolute Gasteiger partial charge is 0.489 e. The van der Waals surface area contributed by atoms with E-state index >= 15 is 0 Å². The maximum atomic E-state index is 5.85. The summed E-state index contributed by atoms with van der Waals surface area (Å²) in [7, 11) is 0. The first-order valence-electron chi connectivity index (χ1n) is 6.19. The topological polar surface area (TPSA) is 35.2 Å². The minimum absolute atomic E-state index is 0.0347. The van der Waals surface area contributed by atoms with Crippen LogP contribution in [0, 0.1) is 6.92 Å². The molecule has 94 valence electrons. The van der Waals surface area contributed by atoms with Crippen molar-refractivity contribution in [2.75, 3.05) is 0 Å². The Labute approximate surface area is 108 Å². The van der Waals surface area contributed by atoms with Gasteiger partial charge < -0.3 is 10.5 Å². The summed E-state index contributed by atoms with van der Waals surface area (Å²) in [5, 5.41) is 0. The average molecular weight is 241 g/mol. The first-order chi connectivity index (χ1) is 8.65. The molecule has 0 amide bonds. The smallest absolute Gasteiger partial charge is 0.120 e. The van der Waals surface area contributed by atoms with Crippen molar-refractivity contribution >= 4 is 0 Å². The quantitative estimate of drug-likeness (QED) is 0.887. The lowest BCUT2D eigenvalue weighted by Crippen LogP contribution is -2.05. The molecule has 0 saturated heterocycles. The van der Waals surface area contributed by atoms with Gasteiger partial charge >= 0.3 is 0 Å². The number of rotatable bonds is 4. The van der Waals surface area contributed by atoms with Crippen molar-refractivity contribution in [3.8, 4) is 5.75 Å². The van der Waals surface area contributed by atoms with E-state index in [0.717, 1.165) is 11.3 Å². The third-order valence-electron chi connectivity index (χ3n) is 2.87. The Kier molecular flexibility index (Phi) is 4.00. The van der Waals surface area contributed by atoms with E-state index in [2.05, 4.69) is 25.1 Å². The lowest BCUT2D eigenvalue weighted by Gasteiger charge is -2.10. The van der Waals surface area contributed by atoms with Gasteiger partial charge in [0.25, 0.3) is 0 Å². The minimum atomic E-state index is 0.0347. The molecule has 0 unspecified atom stereocenters. The molecule has 0 aromatic heterocycles. The Morgan fingerprint density at radius 2 is 1.89 bits per heavy atom. The summed E-state index contributed by atoms with van der Waals surface area (Å²) in [4.78, 5) is 0. The minimum Gasteiger partial charge on any atom is -0.489 e. The highest BCUT2D eigenvalue weighted by molar-refractivity contribution is 5.30. The highest BCUT2D eigenvalue weighted by Gasteiger charge is 2.01. The second-order valence-electron chi connectivity index (χ2n) is 4.64. The van der Waals surface area contributed by atoms with E-state index in [4.69, 9.17) is 10.5 Å². The standard InChI is InChI=1S/C16H19NO/c1-12-5-3-6-14(9-12)11-18-16-8-4-7-15(10-16)13(2)17/h3-10,13H,11,17H2,1-2H3/t13-/m0/s1. The molecule has 0 bridgehead atoms. The molecule has 2 rings (SSSR count). The molecule has 2 nitrogen and oxygen atoms in total. The third kappa shape index (κ3) is 3.34. The van der Waals surface area contributed by atoms with Crippen LogP contribution < -0.4 is 10.5 Å². The van der Waals surface area contributed by atoms with Crippen LogP contribution in [0.3, 0.4) is 0 Å². The van der Waals surface area contributed by atoms with Gasteiger partial charge in [-0.15, -0.1) is 0 Å². The molecule has 0 spiro atoms. The van der Waals surface area contributed by atoms with Crippen molar-refractivity contribution in [1.29, 1.82) is 0 Å². The van der Waals surface area contributed by atoms with Crippen molar-refractivity contribution in [3.63, 3.8) is 0 Å². The van der Waals surface area contributed by atoms with Crippen LogP contribution in [0.15, 0.2) is 48.5 Å². The zero-order valence-electron chi connectivity index (χ0n) is 10.9. The molecule has 18 heavy (non-hydrogen) atoms. The summed E-state index contributed by atoms with van der Waals surface area (Å²) in [6.07, 6.45) is 0. The summed E-state index contributed by atoms with van der Waals surface area (Å²) < 4.78 is 5.78. The number of nitrogens with two attached hydrogens (primary N) is 1. The fraction of sp³-hybridized carbons (Fsp3) is 0.250. The molecule has 0 radical (unpaired) electrons. The maximum Gasteiger partial charge on any atom is 0.120 e. The van der Waals surface area contributed by atoms with E-state index in [0.29, 0.717) is 6.61 Å². The van der Waals surface area contributed by atoms with Crippen LogP contribution in [-0.4, -0.2) is 0 Å². The zero-order valence-corrected chi connectivity index (χ0v) is 10.9. The van der Waals surface area contributed by atoms with Crippen LogP contribution >= 0.6 is 0 Å². The van der Waals surface area contributed by atoms with Crippen LogP contribution in [0.4, 0.5) is 0 Å². The van der Waals surface area contributed by atoms with Gasteiger partial charge in [-0.05, 0) is 37.1 Å². The van der Waals surface area contributed by atoms with Gasteiger partial charge in [0.1, 0.15) is 12.4 Å². The van der Waals surface area contributed by atoms with E-state index in [1.54, 1.807) is 0 Å². The predicted molar refractivity (Wildman–Crippen MR) is 74.6 cm³/mol. The number of ether oxygens (including phenoxy) is 1. The van der Waals surface area contributed by atoms with Crippen LogP contribution in [0.1, 0.15) is 29.7 Å². The average Bonchev–Trinajstić information content (AvgIpc) is 2.37. The Hall–Kier alpha value is -1.80. The van der Waals surface area contributed by atoms with Gasteiger partial charge in [-0.2, -0.15) is 0 Å². The van der Waals surface area contributed by atoms with E-state index < -0.39 is 0 Å². The van der Waals surface area contributed by atoms with E-state index in [1.807, 2.05) is 37.3 Å². The Morgan fingerprint density at radius 1 is 1.11 bits per heavy atom. The molecule has 2 N–H and O–H groups in total. The van der Waals surface area contributed by atoms with Gasteiger partial charge in [-0.25, -0.2) is 0 Å². The molecular formula is C16H19NO. The molecule has 0 fully saturated rings. The molecule has 0 aliphatic carbocycles. The third-order valence-corrected chi connectivity index (χ3v) is 2.87. The van der Waals surface area contributed by atoms with Gasteiger partial charge in [0, 0.05) is 6.04 Å². The number of hydrogen-bond acceptors (Lipinski definition) is 2. The van der Waals surface area contributed by atoms with Gasteiger partial charge in [0.05, 0.1) is 0 Å². The van der Waals surface area contributed by atoms with Gasteiger partial charge in [-0.1, -0.05) is 42.0 Å². The van der Waals surface area contributed by atoms with E-state index in [1.165, 1.54) is 11.1 Å². The molecule has 0 aliphatic rings. The van der Waals surface area contributed by atoms with Crippen molar-refractivity contribution in [3.05, 3.63) is 65.2 Å². The number of hydrogen-bond donors (Lipinski definition) is 1. The van der Waals surface area contributed by atoms with E-state index in [9.17, 15) is 0 Å². The molecule has 0 saturated carbocycles. The van der Waals surface area contributed by atoms with Gasteiger partial charge in [0.2, 0.25) is 0 Å². The van der Waals surface area contributed by atoms with E-state index in [-0.39, 0.29) is 6.04 Å². The molecule has 0 aliphatic heterocycles. The summed E-state index contributed by atoms with van der Waals surface area (Å²) in [6, 6.07) is 16.3. The fourth-order valence-electron chi connectivity index (χ4n) is 1.86. The summed E-state index contributed by atoms with van der Waals surface area (Å²) >= 11 is 0. The maximum absolute atomic E-state index is 5.85. The first-order valence-corrected chi connectivity index (χ1v) is 6.19. The van der Waals surface area contributed by atoms with Crippen LogP contribution in [0.2, 0.25) is 0 Å². The lowest BCUT2D eigenvalue weighted by atomic mass is 10.1. The lowest BCUT2D eigenvalue weighted by molar-refractivity contribution is 0.305. The molecule has 2 aromatic carbocycles. The first kappa shape index (κ1) is 12.7. The second-order valence-corrected chi connectivity index (χ2v) is 4.64. The van der Waals surface area contributed by atoms with Crippen molar-refractivity contribution < 1.29 is 4.74 Å². The monoisotopic (exact) mass is 241 g/mol.